The zero-order valence-corrected chi connectivity index (χ0v) is 11.0. The highest BCUT2D eigenvalue weighted by Gasteiger charge is 2.09. The Morgan fingerprint density at radius 1 is 1.30 bits per heavy atom. The molecule has 1 heterocycles. The van der Waals surface area contributed by atoms with Crippen molar-refractivity contribution in [2.75, 3.05) is 5.32 Å². The molecule has 0 radical (unpaired) electrons. The van der Waals surface area contributed by atoms with Gasteiger partial charge in [0.25, 0.3) is 0 Å². The molecule has 2 N–H and O–H groups in total. The van der Waals surface area contributed by atoms with Crippen molar-refractivity contribution in [3.63, 3.8) is 0 Å². The van der Waals surface area contributed by atoms with E-state index in [1.54, 1.807) is 0 Å². The van der Waals surface area contributed by atoms with E-state index < -0.39 is 5.97 Å². The summed E-state index contributed by atoms with van der Waals surface area (Å²) < 4.78 is 1.29. The number of carboxylic acid groups (broad SMARTS) is 1. The Morgan fingerprint density at radius 3 is 2.55 bits per heavy atom. The van der Waals surface area contributed by atoms with Gasteiger partial charge in [0.1, 0.15) is 6.54 Å². The van der Waals surface area contributed by atoms with Gasteiger partial charge in [-0.2, -0.15) is 5.10 Å². The van der Waals surface area contributed by atoms with Gasteiger partial charge in [-0.3, -0.25) is 9.48 Å². The molecule has 104 valence electrons. The summed E-state index contributed by atoms with van der Waals surface area (Å²) in [6.07, 6.45) is 3.48. The number of aryl methyl sites for hydroxylation is 1. The number of hydrogen-bond acceptors (Lipinski definition) is 3. The highest BCUT2D eigenvalue weighted by atomic mass is 16.4. The second kappa shape index (κ2) is 6.01. The molecular formula is C14H15N3O3. The first-order valence-corrected chi connectivity index (χ1v) is 6.23. The van der Waals surface area contributed by atoms with Crippen molar-refractivity contribution in [2.45, 2.75) is 19.9 Å². The first-order valence-electron chi connectivity index (χ1n) is 6.23. The second-order valence-corrected chi connectivity index (χ2v) is 4.33. The number of aromatic carboxylic acids is 1. The average Bonchev–Trinajstić information content (AvgIpc) is 2.88. The molecule has 2 rings (SSSR count). The minimum atomic E-state index is -1.06. The van der Waals surface area contributed by atoms with Crippen LogP contribution in [0.4, 0.5) is 5.69 Å². The number of aromatic nitrogens is 2. The molecule has 0 bridgehead atoms. The van der Waals surface area contributed by atoms with Gasteiger partial charge < -0.3 is 10.4 Å². The summed E-state index contributed by atoms with van der Waals surface area (Å²) in [5, 5.41) is 15.3. The Morgan fingerprint density at radius 2 is 2.00 bits per heavy atom. The van der Waals surface area contributed by atoms with Crippen LogP contribution in [0.5, 0.6) is 0 Å². The lowest BCUT2D eigenvalue weighted by Crippen LogP contribution is -2.19. The van der Waals surface area contributed by atoms with Gasteiger partial charge in [0, 0.05) is 11.9 Å². The lowest BCUT2D eigenvalue weighted by molar-refractivity contribution is -0.116. The van der Waals surface area contributed by atoms with Gasteiger partial charge in [-0.25, -0.2) is 4.79 Å². The van der Waals surface area contributed by atoms with Crippen molar-refractivity contribution in [1.29, 1.82) is 0 Å². The molecule has 1 amide bonds. The number of carboxylic acids is 1. The highest BCUT2D eigenvalue weighted by molar-refractivity contribution is 5.91. The quantitative estimate of drug-likeness (QED) is 0.869. The summed E-state index contributed by atoms with van der Waals surface area (Å²) in [6, 6.07) is 7.57. The fraction of sp³-hybridized carbons (Fsp3) is 0.214. The van der Waals surface area contributed by atoms with Gasteiger partial charge in [0.2, 0.25) is 5.91 Å². The van der Waals surface area contributed by atoms with E-state index in [0.29, 0.717) is 5.69 Å². The van der Waals surface area contributed by atoms with E-state index in [4.69, 9.17) is 5.11 Å². The van der Waals surface area contributed by atoms with Crippen molar-refractivity contribution in [1.82, 2.24) is 9.78 Å². The van der Waals surface area contributed by atoms with Gasteiger partial charge in [0.15, 0.2) is 0 Å². The minimum absolute atomic E-state index is 0.0250. The van der Waals surface area contributed by atoms with E-state index in [1.165, 1.54) is 22.6 Å². The number of amides is 1. The summed E-state index contributed by atoms with van der Waals surface area (Å²) in [6.45, 7) is 2.04. The van der Waals surface area contributed by atoms with Gasteiger partial charge in [-0.15, -0.1) is 0 Å². The van der Waals surface area contributed by atoms with Gasteiger partial charge in [0.05, 0.1) is 11.8 Å². The normalized spacial score (nSPS) is 10.2. The van der Waals surface area contributed by atoms with E-state index >= 15 is 0 Å². The molecular weight excluding hydrogens is 258 g/mol. The van der Waals surface area contributed by atoms with E-state index in [2.05, 4.69) is 17.3 Å². The van der Waals surface area contributed by atoms with Crippen LogP contribution >= 0.6 is 0 Å². The Balaban J connectivity index is 1.95. The topological polar surface area (TPSA) is 84.2 Å². The minimum Gasteiger partial charge on any atom is -0.478 e. The summed E-state index contributed by atoms with van der Waals surface area (Å²) in [5.41, 5.74) is 1.96. The smallest absolute Gasteiger partial charge is 0.338 e. The molecule has 0 atom stereocenters. The molecule has 0 saturated carbocycles. The van der Waals surface area contributed by atoms with Crippen molar-refractivity contribution in [3.05, 3.63) is 47.8 Å². The lowest BCUT2D eigenvalue weighted by Gasteiger charge is -2.06. The zero-order chi connectivity index (χ0) is 14.5. The van der Waals surface area contributed by atoms with Crippen LogP contribution in [-0.4, -0.2) is 26.8 Å². The van der Waals surface area contributed by atoms with Crippen LogP contribution in [0.2, 0.25) is 0 Å². The summed E-state index contributed by atoms with van der Waals surface area (Å²) in [7, 11) is 0. The molecule has 0 spiro atoms. The second-order valence-electron chi connectivity index (χ2n) is 4.33. The van der Waals surface area contributed by atoms with Crippen molar-refractivity contribution < 1.29 is 14.7 Å². The molecule has 20 heavy (non-hydrogen) atoms. The summed E-state index contributed by atoms with van der Waals surface area (Å²) in [4.78, 5) is 22.5. The largest absolute Gasteiger partial charge is 0.478 e. The molecule has 6 heteroatoms. The van der Waals surface area contributed by atoms with E-state index in [-0.39, 0.29) is 18.0 Å². The third kappa shape index (κ3) is 3.44. The molecule has 0 fully saturated rings. The maximum Gasteiger partial charge on any atom is 0.338 e. The SMILES string of the molecule is CCc1ccc(NC(=O)Cn2cc(C(=O)O)cn2)cc1. The molecule has 1 aromatic heterocycles. The summed E-state index contributed by atoms with van der Waals surface area (Å²) in [5.74, 6) is -1.32. The molecule has 0 aliphatic carbocycles. The monoisotopic (exact) mass is 273 g/mol. The van der Waals surface area contributed by atoms with Crippen LogP contribution in [0.1, 0.15) is 22.8 Å². The Labute approximate surface area is 116 Å². The van der Waals surface area contributed by atoms with Crippen LogP contribution in [0.25, 0.3) is 0 Å². The predicted octanol–water partition coefficient (Wildman–Crippen LogP) is 1.78. The van der Waals surface area contributed by atoms with Gasteiger partial charge in [-0.05, 0) is 24.1 Å². The van der Waals surface area contributed by atoms with E-state index in [9.17, 15) is 9.59 Å². The van der Waals surface area contributed by atoms with Crippen LogP contribution in [-0.2, 0) is 17.8 Å². The number of carbonyl (C=O) groups excluding carboxylic acids is 1. The van der Waals surface area contributed by atoms with Crippen LogP contribution in [0.3, 0.4) is 0 Å². The third-order valence-electron chi connectivity index (χ3n) is 2.83. The number of hydrogen-bond donors (Lipinski definition) is 2. The number of nitrogens with zero attached hydrogens (tertiary/aromatic N) is 2. The third-order valence-corrected chi connectivity index (χ3v) is 2.83. The standard InChI is InChI=1S/C14H15N3O3/c1-2-10-3-5-12(6-4-10)16-13(18)9-17-8-11(7-15-17)14(19)20/h3-8H,2,9H2,1H3,(H,16,18)(H,19,20). The predicted molar refractivity (Wildman–Crippen MR) is 73.6 cm³/mol. The van der Waals surface area contributed by atoms with Crippen LogP contribution < -0.4 is 5.32 Å². The maximum absolute atomic E-state index is 11.8. The fourth-order valence-corrected chi connectivity index (χ4v) is 1.73. The Bertz CT molecular complexity index is 617. The van der Waals surface area contributed by atoms with Crippen LogP contribution in [0, 0.1) is 0 Å². The summed E-state index contributed by atoms with van der Waals surface area (Å²) >= 11 is 0. The molecule has 0 unspecified atom stereocenters. The molecule has 0 saturated heterocycles. The van der Waals surface area contributed by atoms with Gasteiger partial charge >= 0.3 is 5.97 Å². The molecule has 0 aliphatic rings. The first-order chi connectivity index (χ1) is 9.58. The van der Waals surface area contributed by atoms with E-state index in [1.807, 2.05) is 24.3 Å². The highest BCUT2D eigenvalue weighted by Crippen LogP contribution is 2.10. The number of nitrogens with one attached hydrogen (secondary N) is 1. The molecule has 2 aromatic rings. The fourth-order valence-electron chi connectivity index (χ4n) is 1.73. The van der Waals surface area contributed by atoms with Crippen molar-refractivity contribution in [2.24, 2.45) is 0 Å². The number of carbonyl (C=O) groups is 2. The zero-order valence-electron chi connectivity index (χ0n) is 11.0. The average molecular weight is 273 g/mol. The number of anilines is 1. The van der Waals surface area contributed by atoms with Crippen LogP contribution in [0.15, 0.2) is 36.7 Å². The molecule has 0 aliphatic heterocycles. The van der Waals surface area contributed by atoms with Crippen molar-refractivity contribution in [3.8, 4) is 0 Å². The number of rotatable bonds is 5. The molecule has 1 aromatic carbocycles. The Hall–Kier alpha value is -2.63. The van der Waals surface area contributed by atoms with E-state index in [0.717, 1.165) is 6.42 Å². The maximum atomic E-state index is 11.8. The lowest BCUT2D eigenvalue weighted by atomic mass is 10.1. The number of benzene rings is 1. The Kier molecular flexibility index (Phi) is 4.14. The van der Waals surface area contributed by atoms with Gasteiger partial charge in [-0.1, -0.05) is 19.1 Å². The molecule has 6 nitrogen and oxygen atoms in total. The first kappa shape index (κ1) is 13.8. The van der Waals surface area contributed by atoms with Crippen molar-refractivity contribution >= 4 is 17.6 Å².